The molecule has 40 heavy (non-hydrogen) atoms. The van der Waals surface area contributed by atoms with Gasteiger partial charge in [-0.1, -0.05) is 54.6 Å². The maximum atomic E-state index is 6.51. The number of ether oxygens (including phenoxy) is 3. The van der Waals surface area contributed by atoms with Crippen molar-refractivity contribution >= 4 is 5.65 Å². The van der Waals surface area contributed by atoms with Crippen LogP contribution >= 0.6 is 0 Å². The van der Waals surface area contributed by atoms with Crippen molar-refractivity contribution in [1.29, 1.82) is 0 Å². The van der Waals surface area contributed by atoms with Crippen LogP contribution in [0, 0.1) is 13.8 Å². The minimum absolute atomic E-state index is 0.220. The van der Waals surface area contributed by atoms with Gasteiger partial charge >= 0.3 is 0 Å². The van der Waals surface area contributed by atoms with Gasteiger partial charge in [-0.3, -0.25) is 0 Å². The van der Waals surface area contributed by atoms with Gasteiger partial charge in [0.2, 0.25) is 11.8 Å². The van der Waals surface area contributed by atoms with Crippen molar-refractivity contribution in [1.82, 2.24) is 29.4 Å². The summed E-state index contributed by atoms with van der Waals surface area (Å²) in [5.41, 5.74) is 6.11. The van der Waals surface area contributed by atoms with Crippen LogP contribution in [0.25, 0.3) is 11.3 Å². The zero-order valence-corrected chi connectivity index (χ0v) is 22.3. The number of benzene rings is 3. The van der Waals surface area contributed by atoms with Crippen molar-refractivity contribution in [2.24, 2.45) is 0 Å². The van der Waals surface area contributed by atoms with Crippen LogP contribution in [0.15, 0.2) is 85.2 Å². The average molecular weight is 531 g/mol. The van der Waals surface area contributed by atoms with E-state index in [0.29, 0.717) is 23.2 Å². The fourth-order valence-electron chi connectivity index (χ4n) is 5.30. The molecule has 0 saturated carbocycles. The van der Waals surface area contributed by atoms with Gasteiger partial charge in [-0.15, -0.1) is 5.10 Å². The summed E-state index contributed by atoms with van der Waals surface area (Å²) >= 11 is 0. The van der Waals surface area contributed by atoms with Crippen LogP contribution < -0.4 is 14.2 Å². The Labute approximate surface area is 230 Å². The smallest absolute Gasteiger partial charge is 0.230 e. The Morgan fingerprint density at radius 1 is 0.850 bits per heavy atom. The maximum absolute atomic E-state index is 6.51. The van der Waals surface area contributed by atoms with Crippen LogP contribution in [-0.2, 0) is 6.61 Å². The molecule has 1 aliphatic rings. The first kappa shape index (κ1) is 23.9. The Bertz CT molecular complexity index is 1860. The number of hydrogen-bond acceptors (Lipinski definition) is 7. The van der Waals surface area contributed by atoms with E-state index >= 15 is 0 Å². The van der Waals surface area contributed by atoms with E-state index in [2.05, 4.69) is 16.1 Å². The normalized spacial score (nSPS) is 13.9. The summed E-state index contributed by atoms with van der Waals surface area (Å²) in [5.74, 6) is 2.85. The molecular weight excluding hydrogens is 504 g/mol. The van der Waals surface area contributed by atoms with Crippen molar-refractivity contribution in [2.45, 2.75) is 26.4 Å². The van der Waals surface area contributed by atoms with Crippen LogP contribution in [-0.4, -0.2) is 36.5 Å². The first-order valence-corrected chi connectivity index (χ1v) is 13.0. The van der Waals surface area contributed by atoms with E-state index in [-0.39, 0.29) is 12.5 Å². The van der Waals surface area contributed by atoms with Crippen molar-refractivity contribution in [3.63, 3.8) is 0 Å². The molecule has 198 valence electrons. The highest BCUT2D eigenvalue weighted by Crippen LogP contribution is 2.51. The SMILES string of the molecule is COc1ccccc1[C@@H]1c2c(C)nn(-c3ccccc3)c2Oc2ncn3nc(COc4ccccc4C)nc3c21. The molecule has 4 heterocycles. The second-order valence-corrected chi connectivity index (χ2v) is 9.64. The largest absolute Gasteiger partial charge is 0.496 e. The Hall–Kier alpha value is -5.18. The summed E-state index contributed by atoms with van der Waals surface area (Å²) in [7, 11) is 1.68. The monoisotopic (exact) mass is 530 g/mol. The van der Waals surface area contributed by atoms with Gasteiger partial charge in [-0.05, 0) is 43.7 Å². The Morgan fingerprint density at radius 2 is 1.60 bits per heavy atom. The fraction of sp³-hybridized carbons (Fsp3) is 0.161. The Balaban J connectivity index is 1.40. The van der Waals surface area contributed by atoms with Crippen molar-refractivity contribution in [2.75, 3.05) is 7.11 Å². The Morgan fingerprint density at radius 3 is 2.40 bits per heavy atom. The van der Waals surface area contributed by atoms with Gasteiger partial charge in [-0.25, -0.2) is 19.2 Å². The number of methoxy groups -OCH3 is 1. The van der Waals surface area contributed by atoms with Crippen molar-refractivity contribution in [3.05, 3.63) is 119 Å². The first-order chi connectivity index (χ1) is 19.6. The van der Waals surface area contributed by atoms with Crippen LogP contribution in [0.3, 0.4) is 0 Å². The second kappa shape index (κ2) is 9.53. The van der Waals surface area contributed by atoms with Gasteiger partial charge in [0.15, 0.2) is 11.5 Å². The number of para-hydroxylation sites is 3. The van der Waals surface area contributed by atoms with Crippen LogP contribution in [0.4, 0.5) is 0 Å². The maximum Gasteiger partial charge on any atom is 0.230 e. The number of nitrogens with zero attached hydrogens (tertiary/aromatic N) is 6. The molecule has 9 heteroatoms. The zero-order chi connectivity index (χ0) is 27.2. The molecule has 0 saturated heterocycles. The molecule has 3 aromatic carbocycles. The highest BCUT2D eigenvalue weighted by molar-refractivity contribution is 5.67. The predicted molar refractivity (Wildman–Crippen MR) is 149 cm³/mol. The number of fused-ring (bicyclic) bond motifs is 4. The topological polar surface area (TPSA) is 88.6 Å². The number of rotatable bonds is 6. The number of aromatic nitrogens is 6. The molecule has 1 aliphatic heterocycles. The first-order valence-electron chi connectivity index (χ1n) is 13.0. The highest BCUT2D eigenvalue weighted by Gasteiger charge is 2.39. The molecule has 0 N–H and O–H groups in total. The third-order valence-corrected chi connectivity index (χ3v) is 7.17. The lowest BCUT2D eigenvalue weighted by atomic mass is 9.84. The van der Waals surface area contributed by atoms with Crippen LogP contribution in [0.5, 0.6) is 23.3 Å². The molecule has 0 bridgehead atoms. The van der Waals surface area contributed by atoms with Gasteiger partial charge in [0, 0.05) is 5.56 Å². The van der Waals surface area contributed by atoms with E-state index in [4.69, 9.17) is 24.3 Å². The lowest BCUT2D eigenvalue weighted by Crippen LogP contribution is -2.16. The van der Waals surface area contributed by atoms with E-state index in [0.717, 1.165) is 45.1 Å². The molecule has 0 aliphatic carbocycles. The second-order valence-electron chi connectivity index (χ2n) is 9.64. The summed E-state index contributed by atoms with van der Waals surface area (Å²) in [6.45, 7) is 4.23. The zero-order valence-electron chi connectivity index (χ0n) is 22.3. The molecule has 7 rings (SSSR count). The minimum atomic E-state index is -0.308. The Kier molecular flexibility index (Phi) is 5.70. The average Bonchev–Trinajstić information content (AvgIpc) is 3.56. The molecule has 0 spiro atoms. The van der Waals surface area contributed by atoms with E-state index in [1.54, 1.807) is 18.0 Å². The predicted octanol–water partition coefficient (Wildman–Crippen LogP) is 5.80. The minimum Gasteiger partial charge on any atom is -0.496 e. The molecule has 6 aromatic rings. The lowest BCUT2D eigenvalue weighted by molar-refractivity contribution is 0.294. The third kappa shape index (κ3) is 3.86. The molecule has 1 atom stereocenters. The summed E-state index contributed by atoms with van der Waals surface area (Å²) in [5, 5.41) is 9.57. The van der Waals surface area contributed by atoms with Gasteiger partial charge in [-0.2, -0.15) is 5.10 Å². The van der Waals surface area contributed by atoms with Gasteiger partial charge in [0.05, 0.1) is 35.5 Å². The summed E-state index contributed by atoms with van der Waals surface area (Å²) in [4.78, 5) is 9.59. The molecular formula is C31H26N6O3. The molecule has 0 fully saturated rings. The third-order valence-electron chi connectivity index (χ3n) is 7.17. The van der Waals surface area contributed by atoms with Gasteiger partial charge in [0.1, 0.15) is 24.4 Å². The lowest BCUT2D eigenvalue weighted by Gasteiger charge is -2.27. The summed E-state index contributed by atoms with van der Waals surface area (Å²) < 4.78 is 21.9. The van der Waals surface area contributed by atoms with E-state index in [1.165, 1.54) is 0 Å². The van der Waals surface area contributed by atoms with Crippen molar-refractivity contribution < 1.29 is 14.2 Å². The molecule has 0 unspecified atom stereocenters. The molecule has 0 radical (unpaired) electrons. The van der Waals surface area contributed by atoms with Crippen LogP contribution in [0.1, 0.15) is 39.7 Å². The molecule has 9 nitrogen and oxygen atoms in total. The molecule has 0 amide bonds. The highest BCUT2D eigenvalue weighted by atomic mass is 16.5. The standard InChI is InChI=1S/C31H26N6O3/c1-19-11-7-9-15-23(19)39-17-25-33-29-28-27(22-14-8-10-16-24(22)38-3)26-20(2)34-37(21-12-5-4-6-13-21)31(26)40-30(28)32-18-36(29)35-25/h4-16,18,27H,17H2,1-3H3/t27-/m1/s1. The number of aryl methyl sites for hydroxylation is 2. The quantitative estimate of drug-likeness (QED) is 0.268. The molecule has 3 aromatic heterocycles. The summed E-state index contributed by atoms with van der Waals surface area (Å²) in [6.07, 6.45) is 1.62. The van der Waals surface area contributed by atoms with Gasteiger partial charge < -0.3 is 14.2 Å². The summed E-state index contributed by atoms with van der Waals surface area (Å²) in [6, 6.07) is 25.8. The van der Waals surface area contributed by atoms with Crippen molar-refractivity contribution in [3.8, 4) is 28.9 Å². The number of hydrogen-bond donors (Lipinski definition) is 0. The van der Waals surface area contributed by atoms with E-state index in [9.17, 15) is 0 Å². The van der Waals surface area contributed by atoms with Crippen LogP contribution in [0.2, 0.25) is 0 Å². The van der Waals surface area contributed by atoms with Gasteiger partial charge in [0.25, 0.3) is 0 Å². The fourth-order valence-corrected chi connectivity index (χ4v) is 5.30. The van der Waals surface area contributed by atoms with E-state index < -0.39 is 0 Å². The van der Waals surface area contributed by atoms with E-state index in [1.807, 2.05) is 91.3 Å².